The summed E-state index contributed by atoms with van der Waals surface area (Å²) in [7, 11) is 25.5. The maximum Gasteiger partial charge on any atom is 1.00 e. The van der Waals surface area contributed by atoms with Crippen LogP contribution in [0, 0.1) is 81.4 Å². The van der Waals surface area contributed by atoms with Crippen molar-refractivity contribution in [2.24, 2.45) is 5.73 Å². The van der Waals surface area contributed by atoms with E-state index in [0.29, 0.717) is 42.3 Å². The molecule has 54 heteroatoms. The van der Waals surface area contributed by atoms with Gasteiger partial charge < -0.3 is 103 Å². The van der Waals surface area contributed by atoms with E-state index in [4.69, 9.17) is 34.9 Å². The molecule has 0 aliphatic carbocycles. The smallest absolute Gasteiger partial charge is 0.870 e. The van der Waals surface area contributed by atoms with Crippen molar-refractivity contribution in [2.45, 2.75) is 43.8 Å². The molecule has 3 aromatic heterocycles. The van der Waals surface area contributed by atoms with E-state index in [-0.39, 0.29) is 190 Å². The number of aldehydes is 1. The molecule has 10 aromatic rings. The molecule has 0 radical (unpaired) electrons. The van der Waals surface area contributed by atoms with Crippen LogP contribution in [0.1, 0.15) is 95.5 Å². The Labute approximate surface area is 857 Å². The maximum absolute atomic E-state index is 13.9. The molecule has 34 nitrogen and oxygen atoms in total. The van der Waals surface area contributed by atoms with Gasteiger partial charge >= 0.3 is 117 Å². The largest absolute Gasteiger partial charge is 1.00 e. The number of hydrogen-bond donors (Lipinski definition) is 7. The Morgan fingerprint density at radius 2 is 0.799 bits per heavy atom. The molecule has 3 heterocycles. The van der Waals surface area contributed by atoms with Crippen LogP contribution in [-0.2, 0) is 76.3 Å². The van der Waals surface area contributed by atoms with Gasteiger partial charge in [0.05, 0.1) is 85.6 Å². The molecular formula is C85H89F14KN7NaO27P4-2. The first kappa shape index (κ1) is 135. The van der Waals surface area contributed by atoms with Crippen molar-refractivity contribution in [1.82, 2.24) is 28.7 Å². The van der Waals surface area contributed by atoms with Gasteiger partial charge in [0.25, 0.3) is 11.9 Å². The van der Waals surface area contributed by atoms with Crippen LogP contribution in [0.25, 0.3) is 33.8 Å². The van der Waals surface area contributed by atoms with Gasteiger partial charge in [0, 0.05) is 109 Å². The second-order valence-corrected chi connectivity index (χ2v) is 27.1. The fraction of sp³-hybridized carbons (Fsp3) is 0.224. The standard InChI is InChI=1S/C13H12F2NO3P.C13H11F2NO3.C12H10F2NO3P.C11H12F2NO3P.C8H8F2NO2P.C8H7F2NO2.C7H4F2O.C5H13NO2.2C4H5O3.K.Na.2H2O/c1-18-12-9(13(17)19-2)6-16(20)11(12)8-4-3-7(14)5-10(8)15;1-18-12-9(13(17)19-2)6-16-11(12)8-4-3-7(14)5-10(8)15;1-18-12(17)8-5-15(19)10(11(8)16)7-3-2-6(13)4-9(7)14;1-17-10(16)5-9(15)11(14-18)7-3-2-6(12)4-8(7)13;9-4-1-2-5(6(10)3-4)7(11-14)8(12)13;9-4-1-2-5(6(10)3-4)7(11)8(12)13;8-6-2-1-5(4-10)7(9)3-6;1-6(2)5(7-3)8-4;2*1-7-4(6)2-3-5;;;;/h3-6H,20H2,1-2H3;3-6,16H,1-2H3;2-5,16H,19H2,1H3;2-4,11,14H,5,18H2,1H3;1-3,7,11H,14H2,(H,12,13);1-3,7H,11H2,(H,12,13);1-4H;5H,1-4H3;2*2H2,1H3;;;2*1H2/q;;;;;;;;2*-1;2*+1;;/p-2. The number of carboxylic acid groups (broad SMARTS) is 2. The minimum absolute atomic E-state index is 0. The van der Waals surface area contributed by atoms with Crippen LogP contribution >= 0.6 is 37.6 Å². The average molecular weight is 2090 g/mol. The molecule has 748 valence electrons. The fourth-order valence-corrected chi connectivity index (χ4v) is 11.6. The minimum atomic E-state index is -1.46. The zero-order valence-corrected chi connectivity index (χ0v) is 85.3. The van der Waals surface area contributed by atoms with Gasteiger partial charge in [-0.1, -0.05) is 49.8 Å². The number of hydrogen-bond acceptors (Lipinski definition) is 29. The summed E-state index contributed by atoms with van der Waals surface area (Å²) < 4.78 is 231. The Morgan fingerprint density at radius 1 is 0.460 bits per heavy atom. The number of H-pyrrole nitrogens is 1. The number of methoxy groups -OCH3 is 10. The third-order valence-electron chi connectivity index (χ3n) is 16.4. The Kier molecular flexibility index (Phi) is 67.8. The molecule has 139 heavy (non-hydrogen) atoms. The van der Waals surface area contributed by atoms with Gasteiger partial charge in [-0.2, -0.15) is 0 Å². The zero-order chi connectivity index (χ0) is 103. The van der Waals surface area contributed by atoms with E-state index in [1.807, 2.05) is 28.4 Å². The normalized spacial score (nSPS) is 10.4. The van der Waals surface area contributed by atoms with E-state index < -0.39 is 165 Å². The molecule has 0 aliphatic rings. The number of nitrogens with two attached hydrogens (primary N) is 1. The van der Waals surface area contributed by atoms with Gasteiger partial charge in [0.15, 0.2) is 29.3 Å². The van der Waals surface area contributed by atoms with Crippen LogP contribution in [0.3, 0.4) is 0 Å². The number of carbonyl (C=O) groups is 10. The van der Waals surface area contributed by atoms with Gasteiger partial charge in [-0.3, -0.25) is 61.2 Å². The number of aromatic amines is 1. The predicted molar refractivity (Wildman–Crippen MR) is 471 cm³/mol. The van der Waals surface area contributed by atoms with Crippen molar-refractivity contribution in [2.75, 3.05) is 85.2 Å². The second kappa shape index (κ2) is 70.0. The molecule has 0 fully saturated rings. The van der Waals surface area contributed by atoms with E-state index in [1.54, 1.807) is 14.2 Å². The van der Waals surface area contributed by atoms with Gasteiger partial charge in [0.1, 0.15) is 117 Å². The van der Waals surface area contributed by atoms with Crippen LogP contribution in [0.4, 0.5) is 61.5 Å². The van der Waals surface area contributed by atoms with Crippen molar-refractivity contribution < 1.29 is 274 Å². The molecule has 0 aliphatic heterocycles. The molecule has 0 bridgehead atoms. The Morgan fingerprint density at radius 3 is 1.12 bits per heavy atom. The number of ether oxygens (including phenoxy) is 10. The Hall–Kier alpha value is -10.7. The van der Waals surface area contributed by atoms with Crippen molar-refractivity contribution in [3.05, 3.63) is 266 Å². The van der Waals surface area contributed by atoms with E-state index >= 15 is 0 Å². The summed E-state index contributed by atoms with van der Waals surface area (Å²) in [5.41, 5.74) is 5.64. The van der Waals surface area contributed by atoms with E-state index in [9.17, 15) is 124 Å². The molecule has 0 saturated carbocycles. The number of Topliss-reactive ketones (excluding diaryl/α,β-unsaturated/α-hetero) is 1. The van der Waals surface area contributed by atoms with Crippen molar-refractivity contribution in [3.8, 4) is 51.0 Å². The quantitative estimate of drug-likeness (QED) is 0.00327. The summed E-state index contributed by atoms with van der Waals surface area (Å²) in [4.78, 5) is 131. The summed E-state index contributed by atoms with van der Waals surface area (Å²) in [6, 6.07) is 16.6. The number of nitrogens with zero attached hydrogens (tertiary/aromatic N) is 3. The summed E-state index contributed by atoms with van der Waals surface area (Å²) in [6.45, 7) is 0. The zero-order valence-electron chi connectivity index (χ0n) is 75.6. The van der Waals surface area contributed by atoms with Crippen LogP contribution in [0.5, 0.6) is 17.2 Å². The first-order valence-corrected chi connectivity index (χ1v) is 39.0. The third kappa shape index (κ3) is 43.9. The van der Waals surface area contributed by atoms with Crippen LogP contribution in [-0.4, -0.2) is 209 Å². The second-order valence-electron chi connectivity index (χ2n) is 25.3. The Balaban J connectivity index is -0.000000740. The van der Waals surface area contributed by atoms with Gasteiger partial charge in [0.2, 0.25) is 6.41 Å². The topological polar surface area (TPSA) is 497 Å². The molecule has 7 aromatic carbocycles. The van der Waals surface area contributed by atoms with Gasteiger partial charge in [-0.25, -0.2) is 75.8 Å². The SMILES string of the molecule is COC(=O)CC(=O)C(NP)c1ccc(F)cc1F.COC(=O)C[C-]=O.COC(=O)C[C-]=O.COC(=O)c1c[nH]c(-c2ccc(F)cc2F)c1OC.COC(=O)c1cn(P)c(-c2ccc(F)cc2F)c1O.COC(=O)c1cn(P)c(-c2ccc(F)cc2F)c1OC.COC(OC)N(C)C.NC(C(=O)O)c1ccc(F)cc1F.O=C(O)C(NP)c1ccc(F)cc1F.O=Cc1ccc(F)cc1F.[K+].[Na+].[OH-].[OH-]. The van der Waals surface area contributed by atoms with Crippen LogP contribution in [0.2, 0.25) is 0 Å². The molecule has 10 N–H and O–H groups in total. The fourth-order valence-electron chi connectivity index (χ4n) is 10.1. The molecule has 7 unspecified atom stereocenters. The third-order valence-corrected chi connectivity index (χ3v) is 17.9. The molecule has 0 saturated heterocycles. The number of aromatic nitrogens is 3. The number of aromatic hydroxyl groups is 1. The molecule has 7 atom stereocenters. The number of esters is 6. The number of carbonyl (C=O) groups excluding carboxylic acids is 10. The van der Waals surface area contributed by atoms with Crippen molar-refractivity contribution >= 4 is 110 Å². The average Bonchev–Trinajstić information content (AvgIpc) is 1.64. The summed E-state index contributed by atoms with van der Waals surface area (Å²) in [5.74, 6) is -17.9. The molecule has 10 rings (SSSR count). The number of halogens is 14. The van der Waals surface area contributed by atoms with Crippen LogP contribution < -0.4 is 106 Å². The predicted octanol–water partition coefficient (Wildman–Crippen LogP) is 7.10. The first-order chi connectivity index (χ1) is 63.7. The number of benzene rings is 7. The monoisotopic (exact) mass is 2090 g/mol. The Bertz CT molecular complexity index is 5680. The van der Waals surface area contributed by atoms with E-state index in [2.05, 4.69) is 71.8 Å². The number of nitrogens with one attached hydrogen (secondary N) is 3. The first-order valence-electron chi connectivity index (χ1n) is 36.8. The summed E-state index contributed by atoms with van der Waals surface area (Å²) in [5, 5.41) is 31.9. The molecular weight excluding hydrogens is 2000 g/mol. The molecule has 0 spiro atoms. The summed E-state index contributed by atoms with van der Waals surface area (Å²) in [6.07, 6.45) is 5.96. The van der Waals surface area contributed by atoms with Crippen LogP contribution in [0.15, 0.2) is 146 Å². The van der Waals surface area contributed by atoms with E-state index in [1.165, 1.54) is 108 Å². The number of aliphatic carboxylic acids is 2. The molecule has 0 amide bonds. The van der Waals surface area contributed by atoms with Gasteiger partial charge in [-0.15, -0.1) is 0 Å². The number of rotatable bonds is 26. The minimum Gasteiger partial charge on any atom is -0.870 e. The van der Waals surface area contributed by atoms with E-state index in [0.717, 1.165) is 86.0 Å². The van der Waals surface area contributed by atoms with Gasteiger partial charge in [-0.05, 0) is 99.6 Å². The van der Waals surface area contributed by atoms with Crippen molar-refractivity contribution in [3.63, 3.8) is 0 Å². The maximum atomic E-state index is 13.9. The number of ketones is 1. The number of carboxylic acids is 2. The summed E-state index contributed by atoms with van der Waals surface area (Å²) >= 11 is 0. The van der Waals surface area contributed by atoms with Crippen molar-refractivity contribution in [1.29, 1.82) is 0 Å².